The van der Waals surface area contributed by atoms with E-state index in [1.807, 2.05) is 58.1 Å². The first-order valence-electron chi connectivity index (χ1n) is 25.8. The minimum Gasteiger partial charge on any atom is -0.460 e. The molecule has 15 atom stereocenters. The zero-order valence-electron chi connectivity index (χ0n) is 44.1. The maximum atomic E-state index is 14.5. The van der Waals surface area contributed by atoms with Crippen LogP contribution in [0.2, 0.25) is 0 Å². The van der Waals surface area contributed by atoms with Crippen molar-refractivity contribution in [1.29, 1.82) is 0 Å². The molecule has 1 aliphatic carbocycles. The van der Waals surface area contributed by atoms with E-state index in [-0.39, 0.29) is 66.7 Å². The molecule has 3 fully saturated rings. The number of methoxy groups -OCH3 is 3. The Balaban J connectivity index is 1.70. The molecule has 2 saturated heterocycles. The average Bonchev–Trinajstić information content (AvgIpc) is 3.33. The molecular formula is C55H85NO14. The number of Topliss-reactive ketones (excluding diaryl/α,β-unsaturated/α-hetero) is 3. The maximum absolute atomic E-state index is 14.5. The van der Waals surface area contributed by atoms with Gasteiger partial charge in [-0.05, 0) is 107 Å². The number of rotatable bonds is 8. The van der Waals surface area contributed by atoms with Gasteiger partial charge in [0.05, 0.1) is 24.2 Å². The van der Waals surface area contributed by atoms with Gasteiger partial charge in [-0.2, -0.15) is 0 Å². The van der Waals surface area contributed by atoms with Crippen LogP contribution in [0.5, 0.6) is 0 Å². The number of amides is 1. The van der Waals surface area contributed by atoms with Gasteiger partial charge in [-0.25, -0.2) is 4.79 Å². The highest BCUT2D eigenvalue weighted by Crippen LogP contribution is 2.38. The van der Waals surface area contributed by atoms with Crippen molar-refractivity contribution in [3.05, 3.63) is 47.6 Å². The van der Waals surface area contributed by atoms with Gasteiger partial charge in [0.25, 0.3) is 11.7 Å². The number of esters is 2. The summed E-state index contributed by atoms with van der Waals surface area (Å²) < 4.78 is 35.5. The summed E-state index contributed by atoms with van der Waals surface area (Å²) in [5, 5.41) is 23.5. The molecule has 0 aromatic carbocycles. The number of carbonyl (C=O) groups excluding carboxylic acids is 6. The molecule has 1 amide bonds. The molecule has 15 heteroatoms. The van der Waals surface area contributed by atoms with E-state index in [0.717, 1.165) is 5.57 Å². The number of hydrogen-bond donors (Lipinski definition) is 2. The molecule has 2 N–H and O–H groups in total. The minimum atomic E-state index is -2.44. The number of aliphatic hydroxyl groups is 2. The molecule has 0 aromatic heterocycles. The summed E-state index contributed by atoms with van der Waals surface area (Å²) >= 11 is 0. The lowest BCUT2D eigenvalue weighted by Crippen LogP contribution is -2.61. The van der Waals surface area contributed by atoms with Crippen LogP contribution in [0.3, 0.4) is 0 Å². The molecule has 0 spiro atoms. The van der Waals surface area contributed by atoms with E-state index in [2.05, 4.69) is 0 Å². The van der Waals surface area contributed by atoms with E-state index in [1.54, 1.807) is 54.9 Å². The first-order valence-corrected chi connectivity index (χ1v) is 25.8. The number of nitrogens with zero attached hydrogens (tertiary/aromatic N) is 1. The van der Waals surface area contributed by atoms with Gasteiger partial charge in [0.2, 0.25) is 5.79 Å². The van der Waals surface area contributed by atoms with Crippen LogP contribution in [-0.2, 0) is 57.2 Å². The average molecular weight is 984 g/mol. The topological polar surface area (TPSA) is 201 Å². The van der Waals surface area contributed by atoms with Crippen molar-refractivity contribution in [2.24, 2.45) is 41.4 Å². The molecule has 70 heavy (non-hydrogen) atoms. The number of allylic oxidation sites excluding steroid dienone is 6. The van der Waals surface area contributed by atoms with Crippen molar-refractivity contribution in [2.45, 2.75) is 194 Å². The largest absolute Gasteiger partial charge is 0.460 e. The third-order valence-corrected chi connectivity index (χ3v) is 15.2. The predicted octanol–water partition coefficient (Wildman–Crippen LogP) is 7.39. The van der Waals surface area contributed by atoms with Gasteiger partial charge >= 0.3 is 11.9 Å². The van der Waals surface area contributed by atoms with Crippen LogP contribution in [0.25, 0.3) is 0 Å². The number of hydrogen-bond acceptors (Lipinski definition) is 14. The maximum Gasteiger partial charge on any atom is 0.329 e. The second-order valence-corrected chi connectivity index (χ2v) is 21.2. The van der Waals surface area contributed by atoms with Crippen molar-refractivity contribution in [3.8, 4) is 0 Å². The Morgan fingerprint density at radius 2 is 1.56 bits per heavy atom. The van der Waals surface area contributed by atoms with E-state index >= 15 is 0 Å². The molecule has 0 unspecified atom stereocenters. The quantitative estimate of drug-likeness (QED) is 0.139. The number of piperidine rings is 1. The summed E-state index contributed by atoms with van der Waals surface area (Å²) in [5.74, 6) is -8.75. The highest BCUT2D eigenvalue weighted by Gasteiger charge is 2.53. The van der Waals surface area contributed by atoms with Gasteiger partial charge < -0.3 is 43.5 Å². The molecule has 4 aliphatic rings. The van der Waals surface area contributed by atoms with Crippen molar-refractivity contribution >= 4 is 35.2 Å². The van der Waals surface area contributed by atoms with Crippen LogP contribution in [-0.4, -0.2) is 133 Å². The number of fused-ring (bicyclic) bond motifs is 3. The van der Waals surface area contributed by atoms with Gasteiger partial charge in [-0.15, -0.1) is 0 Å². The Kier molecular flexibility index (Phi) is 22.9. The van der Waals surface area contributed by atoms with E-state index < -0.39 is 83.9 Å². The van der Waals surface area contributed by atoms with Crippen molar-refractivity contribution in [1.82, 2.24) is 4.90 Å². The smallest absolute Gasteiger partial charge is 0.329 e. The normalized spacial score (nSPS) is 38.4. The lowest BCUT2D eigenvalue weighted by Gasteiger charge is -2.42. The molecular weight excluding hydrogens is 899 g/mol. The molecule has 3 aliphatic heterocycles. The van der Waals surface area contributed by atoms with E-state index in [9.17, 15) is 39.0 Å². The predicted molar refractivity (Wildman–Crippen MR) is 264 cm³/mol. The van der Waals surface area contributed by atoms with Crippen molar-refractivity contribution < 1.29 is 67.4 Å². The van der Waals surface area contributed by atoms with Crippen LogP contribution in [0, 0.1) is 41.4 Å². The summed E-state index contributed by atoms with van der Waals surface area (Å²) in [6, 6.07) is -1.16. The van der Waals surface area contributed by atoms with E-state index in [1.165, 1.54) is 12.0 Å². The zero-order valence-corrected chi connectivity index (χ0v) is 44.1. The lowest BCUT2D eigenvalue weighted by atomic mass is 9.78. The van der Waals surface area contributed by atoms with Gasteiger partial charge in [0, 0.05) is 58.5 Å². The fraction of sp³-hybridized carbons (Fsp3) is 0.745. The van der Waals surface area contributed by atoms with Crippen LogP contribution < -0.4 is 0 Å². The highest BCUT2D eigenvalue weighted by atomic mass is 16.6. The van der Waals surface area contributed by atoms with E-state index in [4.69, 9.17) is 28.4 Å². The van der Waals surface area contributed by atoms with Gasteiger partial charge in [-0.1, -0.05) is 84.9 Å². The molecule has 0 aromatic rings. The van der Waals surface area contributed by atoms with Crippen LogP contribution in [0.4, 0.5) is 0 Å². The SMILES string of the molecule is CO[C@H]1C[C@@H]2CC[C@@H](C)[C@@](O)(O2)C(=O)C(=O)N2CCCC[C@H]2C(=O)O[C@H]([C@H](C)C[C@@H]2CC[C@@H](OC(=O)C(C)C)[C@H](OC)C2)CC(=O)[C@H](C)/C=C(\C)[C@@H](O)[C@@H](OC)C(=O)[C@H](C)C[C@H](C)/C=C/C=C/C=C/1C. The summed E-state index contributed by atoms with van der Waals surface area (Å²) in [6.45, 7) is 16.3. The molecule has 15 nitrogen and oxygen atoms in total. The summed E-state index contributed by atoms with van der Waals surface area (Å²) in [5.41, 5.74) is 1.25. The first kappa shape index (κ1) is 58.7. The summed E-state index contributed by atoms with van der Waals surface area (Å²) in [7, 11) is 4.54. The molecule has 4 rings (SSSR count). The first-order chi connectivity index (χ1) is 33.1. The third kappa shape index (κ3) is 15.6. The third-order valence-electron chi connectivity index (χ3n) is 15.2. The van der Waals surface area contributed by atoms with Gasteiger partial charge in [0.15, 0.2) is 5.78 Å². The summed E-state index contributed by atoms with van der Waals surface area (Å²) in [4.78, 5) is 84.8. The summed E-state index contributed by atoms with van der Waals surface area (Å²) in [6.07, 6.45) is 11.1. The Bertz CT molecular complexity index is 1920. The number of carbonyl (C=O) groups is 6. The highest BCUT2D eigenvalue weighted by molar-refractivity contribution is 6.39. The molecule has 394 valence electrons. The second-order valence-electron chi connectivity index (χ2n) is 21.2. The second kappa shape index (κ2) is 27.3. The standard InChI is InChI=1S/C55H85NO14/c1-32(2)53(62)68-44-24-22-40(29-47(44)66-11)28-36(6)46-31-43(57)35(5)27-38(8)49(59)50(67-12)48(58)37(7)26-33(3)18-14-13-15-19-34(4)45(65-10)30-41-23-21-39(9)55(64,70-41)51(60)52(61)56-25-17-16-20-42(56)54(63)69-46/h13-15,18-19,27,32-33,35-37,39-42,44-47,49-50,59,64H,16-17,20-26,28-31H2,1-12H3/b15-13+,18-14+,34-19+,38-27+/t33-,35-,36-,37-,39-,40+,41+,42+,44-,45+,46+,47-,49-,50+,55-/m1/s1. The number of aliphatic hydroxyl groups excluding tert-OH is 1. The minimum absolute atomic E-state index is 0.00980. The lowest BCUT2D eigenvalue weighted by molar-refractivity contribution is -0.265. The van der Waals surface area contributed by atoms with Crippen molar-refractivity contribution in [3.63, 3.8) is 0 Å². The fourth-order valence-corrected chi connectivity index (χ4v) is 10.5. The number of ether oxygens (including phenoxy) is 6. The van der Waals surface area contributed by atoms with Crippen LogP contribution in [0.1, 0.15) is 139 Å². The monoisotopic (exact) mass is 984 g/mol. The Morgan fingerprint density at radius 1 is 0.843 bits per heavy atom. The Hall–Kier alpha value is -3.86. The Labute approximate surface area is 417 Å². The van der Waals surface area contributed by atoms with Gasteiger partial charge in [0.1, 0.15) is 36.2 Å². The van der Waals surface area contributed by atoms with Crippen molar-refractivity contribution in [2.75, 3.05) is 27.9 Å². The number of cyclic esters (lactones) is 1. The van der Waals surface area contributed by atoms with Gasteiger partial charge in [-0.3, -0.25) is 24.0 Å². The van der Waals surface area contributed by atoms with Crippen LogP contribution >= 0.6 is 0 Å². The van der Waals surface area contributed by atoms with E-state index in [0.29, 0.717) is 69.8 Å². The Morgan fingerprint density at radius 3 is 2.21 bits per heavy atom. The molecule has 3 heterocycles. The van der Waals surface area contributed by atoms with Crippen LogP contribution in [0.15, 0.2) is 47.6 Å². The molecule has 1 saturated carbocycles. The zero-order chi connectivity index (χ0) is 52.0. The number of ketones is 3. The molecule has 2 bridgehead atoms. The molecule has 0 radical (unpaired) electrons. The fourth-order valence-electron chi connectivity index (χ4n) is 10.5.